The zero-order chi connectivity index (χ0) is 28.1. The third kappa shape index (κ3) is 6.03. The van der Waals surface area contributed by atoms with E-state index in [1.807, 2.05) is 55.7 Å². The van der Waals surface area contributed by atoms with E-state index in [1.54, 1.807) is 32.8 Å². The van der Waals surface area contributed by atoms with Gasteiger partial charge in [-0.05, 0) is 42.8 Å². The van der Waals surface area contributed by atoms with Gasteiger partial charge in [-0.2, -0.15) is 0 Å². The largest absolute Gasteiger partial charge is 0.493 e. The number of likely N-dealkylation sites (N-methyl/N-ethyl adjacent to an activating group) is 1. The van der Waals surface area contributed by atoms with Crippen molar-refractivity contribution in [2.75, 3.05) is 46.7 Å². The number of ether oxygens (including phenoxy) is 3. The molecule has 0 saturated heterocycles. The van der Waals surface area contributed by atoms with Gasteiger partial charge in [-0.1, -0.05) is 6.07 Å². The normalized spacial score (nSPS) is 12.1. The van der Waals surface area contributed by atoms with Crippen LogP contribution < -0.4 is 25.7 Å². The van der Waals surface area contributed by atoms with Gasteiger partial charge in [0, 0.05) is 66.2 Å². The van der Waals surface area contributed by atoms with E-state index in [1.165, 1.54) is 0 Å². The molecule has 0 aliphatic heterocycles. The van der Waals surface area contributed by atoms with Crippen LogP contribution in [0.3, 0.4) is 0 Å². The monoisotopic (exact) mass is 539 g/mol. The molecule has 0 aliphatic carbocycles. The quantitative estimate of drug-likeness (QED) is 0.239. The van der Waals surface area contributed by atoms with Crippen LogP contribution in [-0.4, -0.2) is 71.8 Å². The minimum absolute atomic E-state index is 0.169. The molecule has 0 bridgehead atoms. The lowest BCUT2D eigenvalue weighted by Gasteiger charge is -2.21. The molecule has 10 nitrogen and oxygen atoms in total. The number of aromatic nitrogens is 4. The van der Waals surface area contributed by atoms with E-state index < -0.39 is 0 Å². The van der Waals surface area contributed by atoms with Gasteiger partial charge in [-0.25, -0.2) is 4.98 Å². The number of rotatable bonds is 11. The summed E-state index contributed by atoms with van der Waals surface area (Å²) in [6.45, 7) is 1.90. The van der Waals surface area contributed by atoms with Crippen LogP contribution in [0, 0.1) is 0 Å². The van der Waals surface area contributed by atoms with Gasteiger partial charge in [-0.3, -0.25) is 15.0 Å². The second-order valence-electron chi connectivity index (χ2n) is 9.65. The molecule has 206 valence electrons. The molecule has 1 atom stereocenters. The van der Waals surface area contributed by atoms with Crippen LogP contribution in [-0.2, 0) is 6.42 Å². The molecule has 5 aromatic rings. The second kappa shape index (κ2) is 12.1. The summed E-state index contributed by atoms with van der Waals surface area (Å²) in [5.74, 6) is 2.20. The van der Waals surface area contributed by atoms with E-state index in [-0.39, 0.29) is 6.04 Å². The fraction of sp³-hybridized carbons (Fsp3) is 0.267. The number of pyridine rings is 4. The average Bonchev–Trinajstić information content (AvgIpc) is 2.98. The Morgan fingerprint density at radius 2 is 1.75 bits per heavy atom. The lowest BCUT2D eigenvalue weighted by atomic mass is 10.0. The molecule has 0 amide bonds. The van der Waals surface area contributed by atoms with Crippen LogP contribution in [0.15, 0.2) is 67.3 Å². The number of nitrogens with two attached hydrogens (primary N) is 2. The van der Waals surface area contributed by atoms with Crippen LogP contribution in [0.25, 0.3) is 32.9 Å². The molecule has 10 heteroatoms. The van der Waals surface area contributed by atoms with E-state index in [9.17, 15) is 0 Å². The Balaban J connectivity index is 1.31. The van der Waals surface area contributed by atoms with Gasteiger partial charge in [0.2, 0.25) is 0 Å². The third-order valence-electron chi connectivity index (χ3n) is 6.71. The number of nitrogen functional groups attached to an aromatic ring is 1. The number of fused-ring (bicyclic) bond motifs is 3. The first-order valence-corrected chi connectivity index (χ1v) is 13.0. The van der Waals surface area contributed by atoms with E-state index in [0.717, 1.165) is 45.9 Å². The van der Waals surface area contributed by atoms with Gasteiger partial charge in [0.05, 0.1) is 37.7 Å². The Bertz CT molecular complexity index is 1610. The van der Waals surface area contributed by atoms with Crippen LogP contribution >= 0.6 is 0 Å². The van der Waals surface area contributed by atoms with Crippen LogP contribution in [0.5, 0.6) is 17.2 Å². The highest BCUT2D eigenvalue weighted by Crippen LogP contribution is 2.37. The Morgan fingerprint density at radius 3 is 2.52 bits per heavy atom. The average molecular weight is 540 g/mol. The number of methoxy groups -OCH3 is 2. The van der Waals surface area contributed by atoms with Crippen molar-refractivity contribution in [3.8, 4) is 28.5 Å². The summed E-state index contributed by atoms with van der Waals surface area (Å²) in [5, 5.41) is 2.53. The molecule has 5 rings (SSSR count). The van der Waals surface area contributed by atoms with Crippen molar-refractivity contribution in [2.24, 2.45) is 5.73 Å². The van der Waals surface area contributed by atoms with Crippen molar-refractivity contribution in [1.82, 2.24) is 24.8 Å². The number of hydrogen-bond acceptors (Lipinski definition) is 10. The number of anilines is 1. The number of nitrogens with zero attached hydrogens (tertiary/aromatic N) is 5. The van der Waals surface area contributed by atoms with Gasteiger partial charge in [-0.15, -0.1) is 0 Å². The highest BCUT2D eigenvalue weighted by atomic mass is 16.5. The standard InChI is InChI=1S/C30H33N7O3/c1-37(9-7-21-6-4-5-8-34-21)17-20(31)18-40-22-10-19(14-33-15-22)26-11-23-24-12-28(38-2)29(39-3)13-27(24)35-16-25(23)30(32)36-26/h4-6,8,10-16,20H,7,9,17-18,31H2,1-3H3,(H2,32,36)/t20-/m0/s1. The van der Waals surface area contributed by atoms with Crippen molar-refractivity contribution in [1.29, 1.82) is 0 Å². The van der Waals surface area contributed by atoms with Crippen LogP contribution in [0.4, 0.5) is 5.82 Å². The minimum atomic E-state index is -0.169. The lowest BCUT2D eigenvalue weighted by Crippen LogP contribution is -2.40. The molecular formula is C30H33N7O3. The summed E-state index contributed by atoms with van der Waals surface area (Å²) in [6, 6.07) is 13.4. The van der Waals surface area contributed by atoms with Crippen molar-refractivity contribution in [2.45, 2.75) is 12.5 Å². The zero-order valence-corrected chi connectivity index (χ0v) is 22.9. The SMILES string of the molecule is COc1cc2ncc3c(N)nc(-c4cncc(OC[C@@H](N)CN(C)CCc5ccccn5)c4)cc3c2cc1OC. The summed E-state index contributed by atoms with van der Waals surface area (Å²) < 4.78 is 17.0. The molecule has 4 heterocycles. The Hall–Kier alpha value is -4.54. The van der Waals surface area contributed by atoms with Gasteiger partial charge >= 0.3 is 0 Å². The van der Waals surface area contributed by atoms with Gasteiger partial charge in [0.25, 0.3) is 0 Å². The first-order valence-electron chi connectivity index (χ1n) is 13.0. The lowest BCUT2D eigenvalue weighted by molar-refractivity contribution is 0.237. The summed E-state index contributed by atoms with van der Waals surface area (Å²) in [4.78, 5) is 20.1. The molecule has 0 saturated carbocycles. The molecule has 40 heavy (non-hydrogen) atoms. The smallest absolute Gasteiger partial charge is 0.162 e. The molecular weight excluding hydrogens is 506 g/mol. The Labute approximate surface area is 232 Å². The summed E-state index contributed by atoms with van der Waals surface area (Å²) >= 11 is 0. The summed E-state index contributed by atoms with van der Waals surface area (Å²) in [6.07, 6.45) is 7.81. The van der Waals surface area contributed by atoms with Crippen molar-refractivity contribution in [3.05, 3.63) is 72.9 Å². The van der Waals surface area contributed by atoms with E-state index >= 15 is 0 Å². The predicted molar refractivity (Wildman–Crippen MR) is 157 cm³/mol. The molecule has 4 aromatic heterocycles. The topological polar surface area (TPSA) is 135 Å². The van der Waals surface area contributed by atoms with Crippen LogP contribution in [0.2, 0.25) is 0 Å². The maximum atomic E-state index is 6.37. The molecule has 4 N–H and O–H groups in total. The molecule has 0 unspecified atom stereocenters. The maximum Gasteiger partial charge on any atom is 0.162 e. The minimum Gasteiger partial charge on any atom is -0.493 e. The highest BCUT2D eigenvalue weighted by molar-refractivity contribution is 6.10. The number of benzene rings is 1. The molecule has 0 fully saturated rings. The van der Waals surface area contributed by atoms with Crippen molar-refractivity contribution < 1.29 is 14.2 Å². The molecule has 0 spiro atoms. The van der Waals surface area contributed by atoms with Gasteiger partial charge in [0.15, 0.2) is 11.5 Å². The first-order chi connectivity index (χ1) is 19.4. The summed E-state index contributed by atoms with van der Waals surface area (Å²) in [7, 11) is 5.25. The Kier molecular flexibility index (Phi) is 8.18. The first kappa shape index (κ1) is 27.0. The van der Waals surface area contributed by atoms with E-state index in [4.69, 9.17) is 25.7 Å². The molecule has 1 aromatic carbocycles. The fourth-order valence-electron chi connectivity index (χ4n) is 4.64. The third-order valence-corrected chi connectivity index (χ3v) is 6.71. The predicted octanol–water partition coefficient (Wildman–Crippen LogP) is 3.72. The highest BCUT2D eigenvalue weighted by Gasteiger charge is 2.14. The summed E-state index contributed by atoms with van der Waals surface area (Å²) in [5.41, 5.74) is 16.0. The second-order valence-corrected chi connectivity index (χ2v) is 9.65. The van der Waals surface area contributed by atoms with Gasteiger partial charge in [0.1, 0.15) is 18.2 Å². The molecule has 0 radical (unpaired) electrons. The van der Waals surface area contributed by atoms with Crippen molar-refractivity contribution >= 4 is 27.5 Å². The maximum absolute atomic E-state index is 6.37. The van der Waals surface area contributed by atoms with E-state index in [2.05, 4.69) is 24.8 Å². The zero-order valence-electron chi connectivity index (χ0n) is 22.9. The number of hydrogen-bond donors (Lipinski definition) is 2. The van der Waals surface area contributed by atoms with Crippen LogP contribution in [0.1, 0.15) is 5.69 Å². The van der Waals surface area contributed by atoms with Gasteiger partial charge < -0.3 is 30.6 Å². The molecule has 0 aliphatic rings. The van der Waals surface area contributed by atoms with E-state index in [0.29, 0.717) is 41.9 Å². The Morgan fingerprint density at radius 1 is 0.925 bits per heavy atom. The fourth-order valence-corrected chi connectivity index (χ4v) is 4.64. The van der Waals surface area contributed by atoms with Crippen molar-refractivity contribution in [3.63, 3.8) is 0 Å².